The van der Waals surface area contributed by atoms with Crippen LogP contribution in [0.15, 0.2) is 27.8 Å². The highest BCUT2D eigenvalue weighted by molar-refractivity contribution is 6.42. The van der Waals surface area contributed by atoms with Gasteiger partial charge in [0.1, 0.15) is 0 Å². The van der Waals surface area contributed by atoms with Crippen LogP contribution in [0.3, 0.4) is 0 Å². The summed E-state index contributed by atoms with van der Waals surface area (Å²) in [7, 11) is 2.91. The second-order valence-corrected chi connectivity index (χ2v) is 7.18. The van der Waals surface area contributed by atoms with Gasteiger partial charge in [-0.3, -0.25) is 18.5 Å². The van der Waals surface area contributed by atoms with E-state index >= 15 is 0 Å². The Morgan fingerprint density at radius 2 is 1.89 bits per heavy atom. The molecule has 3 rings (SSSR count). The zero-order valence-electron chi connectivity index (χ0n) is 15.2. The van der Waals surface area contributed by atoms with Gasteiger partial charge in [-0.15, -0.1) is 0 Å². The van der Waals surface area contributed by atoms with Gasteiger partial charge < -0.3 is 15.5 Å². The molecular weight excluding hydrogens is 409 g/mol. The number of aryl methyl sites for hydroxylation is 1. The van der Waals surface area contributed by atoms with Crippen LogP contribution in [0.2, 0.25) is 10.0 Å². The van der Waals surface area contributed by atoms with Crippen molar-refractivity contribution >= 4 is 40.3 Å². The van der Waals surface area contributed by atoms with Crippen LogP contribution in [-0.2, 0) is 20.6 Å². The number of fused-ring (bicyclic) bond motifs is 1. The lowest BCUT2D eigenvalue weighted by Gasteiger charge is -2.13. The lowest BCUT2D eigenvalue weighted by atomic mass is 10.2. The number of benzene rings is 1. The molecule has 0 fully saturated rings. The molecule has 0 saturated heterocycles. The molecule has 1 aromatic carbocycles. The number of halogens is 2. The van der Waals surface area contributed by atoms with E-state index in [1.807, 2.05) is 0 Å². The molecule has 2 aromatic heterocycles. The van der Waals surface area contributed by atoms with Crippen LogP contribution in [0.4, 0.5) is 5.95 Å². The summed E-state index contributed by atoms with van der Waals surface area (Å²) in [5, 5.41) is 22.4. The fraction of sp³-hybridized carbons (Fsp3) is 0.353. The molecule has 11 heteroatoms. The van der Waals surface area contributed by atoms with Gasteiger partial charge in [0.15, 0.2) is 11.2 Å². The van der Waals surface area contributed by atoms with E-state index in [1.165, 1.54) is 18.7 Å². The van der Waals surface area contributed by atoms with Gasteiger partial charge in [0.2, 0.25) is 5.95 Å². The topological polar surface area (TPSA) is 114 Å². The summed E-state index contributed by atoms with van der Waals surface area (Å²) in [6.07, 6.45) is -1.01. The second kappa shape index (κ2) is 7.96. The number of aliphatic hydroxyl groups excluding tert-OH is 2. The van der Waals surface area contributed by atoms with Gasteiger partial charge in [0, 0.05) is 20.6 Å². The predicted molar refractivity (Wildman–Crippen MR) is 107 cm³/mol. The van der Waals surface area contributed by atoms with Crippen molar-refractivity contribution in [3.8, 4) is 0 Å². The second-order valence-electron chi connectivity index (χ2n) is 6.37. The third kappa shape index (κ3) is 3.66. The number of hydrogen-bond donors (Lipinski definition) is 3. The van der Waals surface area contributed by atoms with Crippen molar-refractivity contribution in [1.82, 2.24) is 18.7 Å². The first-order chi connectivity index (χ1) is 13.2. The van der Waals surface area contributed by atoms with Crippen molar-refractivity contribution < 1.29 is 10.2 Å². The van der Waals surface area contributed by atoms with E-state index < -0.39 is 24.0 Å². The molecule has 2 heterocycles. The molecule has 9 nitrogen and oxygen atoms in total. The average molecular weight is 428 g/mol. The minimum atomic E-state index is -1.01. The van der Waals surface area contributed by atoms with Crippen molar-refractivity contribution in [1.29, 1.82) is 0 Å². The summed E-state index contributed by atoms with van der Waals surface area (Å²) < 4.78 is 3.87. The van der Waals surface area contributed by atoms with Crippen LogP contribution in [-0.4, -0.2) is 48.2 Å². The SMILES string of the molecule is Cn1c(=O)c2c(nc(NC[C@@H](O)CO)n2Cc2ccc(Cl)c(Cl)c2)n(C)c1=O. The Hall–Kier alpha value is -2.33. The minimum absolute atomic E-state index is 0.00938. The van der Waals surface area contributed by atoms with Gasteiger partial charge in [0.05, 0.1) is 29.3 Å². The molecule has 0 aliphatic rings. The smallest absolute Gasteiger partial charge is 0.332 e. The molecule has 28 heavy (non-hydrogen) atoms. The fourth-order valence-electron chi connectivity index (χ4n) is 2.83. The van der Waals surface area contributed by atoms with Gasteiger partial charge in [0.25, 0.3) is 5.56 Å². The zero-order chi connectivity index (χ0) is 20.6. The Bertz CT molecular complexity index is 1150. The highest BCUT2D eigenvalue weighted by atomic mass is 35.5. The highest BCUT2D eigenvalue weighted by Gasteiger charge is 2.20. The Morgan fingerprint density at radius 1 is 1.18 bits per heavy atom. The maximum absolute atomic E-state index is 12.8. The average Bonchev–Trinajstić information content (AvgIpc) is 3.04. The summed E-state index contributed by atoms with van der Waals surface area (Å²) in [6, 6.07) is 5.09. The van der Waals surface area contributed by atoms with Crippen molar-refractivity contribution in [3.63, 3.8) is 0 Å². The Morgan fingerprint density at radius 3 is 2.54 bits per heavy atom. The van der Waals surface area contributed by atoms with Crippen molar-refractivity contribution in [2.75, 3.05) is 18.5 Å². The van der Waals surface area contributed by atoms with Crippen molar-refractivity contribution in [3.05, 3.63) is 54.6 Å². The van der Waals surface area contributed by atoms with E-state index in [4.69, 9.17) is 28.3 Å². The monoisotopic (exact) mass is 427 g/mol. The predicted octanol–water partition coefficient (Wildman–Crippen LogP) is 0.554. The van der Waals surface area contributed by atoms with Crippen molar-refractivity contribution in [2.24, 2.45) is 14.1 Å². The van der Waals surface area contributed by atoms with E-state index in [-0.39, 0.29) is 30.2 Å². The molecule has 0 unspecified atom stereocenters. The largest absolute Gasteiger partial charge is 0.394 e. The van der Waals surface area contributed by atoms with Crippen LogP contribution in [0.5, 0.6) is 0 Å². The number of anilines is 1. The molecule has 0 aliphatic carbocycles. The van der Waals surface area contributed by atoms with Crippen LogP contribution in [0.25, 0.3) is 11.2 Å². The number of aromatic nitrogens is 4. The molecule has 0 spiro atoms. The van der Waals surface area contributed by atoms with E-state index in [2.05, 4.69) is 10.3 Å². The molecular formula is C17H19Cl2N5O4. The van der Waals surface area contributed by atoms with E-state index in [0.29, 0.717) is 10.0 Å². The molecule has 0 radical (unpaired) electrons. The minimum Gasteiger partial charge on any atom is -0.394 e. The van der Waals surface area contributed by atoms with Gasteiger partial charge in [-0.2, -0.15) is 4.98 Å². The summed E-state index contributed by atoms with van der Waals surface area (Å²) >= 11 is 12.1. The Labute approximate surface area is 169 Å². The quantitative estimate of drug-likeness (QED) is 0.529. The number of imidazole rings is 1. The van der Waals surface area contributed by atoms with Gasteiger partial charge in [-0.05, 0) is 17.7 Å². The molecule has 3 N–H and O–H groups in total. The molecule has 150 valence electrons. The lowest BCUT2D eigenvalue weighted by Crippen LogP contribution is -2.37. The molecule has 1 atom stereocenters. The number of nitrogens with one attached hydrogen (secondary N) is 1. The number of aliphatic hydroxyl groups is 2. The number of rotatable bonds is 6. The van der Waals surface area contributed by atoms with Crippen LogP contribution in [0.1, 0.15) is 5.56 Å². The third-order valence-corrected chi connectivity index (χ3v) is 5.12. The molecule has 0 saturated carbocycles. The standard InChI is InChI=1S/C17H19Cl2N5O4/c1-22-14-13(15(27)23(2)17(22)28)24(16(21-14)20-6-10(26)8-25)7-9-3-4-11(18)12(19)5-9/h3-5,10,25-26H,6-8H2,1-2H3,(H,20,21)/t10-/m1/s1. The van der Waals surface area contributed by atoms with Crippen LogP contribution >= 0.6 is 23.2 Å². The van der Waals surface area contributed by atoms with Crippen LogP contribution < -0.4 is 16.6 Å². The van der Waals surface area contributed by atoms with Gasteiger partial charge in [-0.1, -0.05) is 29.3 Å². The maximum Gasteiger partial charge on any atom is 0.332 e. The first kappa shape index (κ1) is 20.4. The van der Waals surface area contributed by atoms with E-state index in [1.54, 1.807) is 22.8 Å². The van der Waals surface area contributed by atoms with Crippen molar-refractivity contribution in [2.45, 2.75) is 12.6 Å². The first-order valence-corrected chi connectivity index (χ1v) is 9.13. The fourth-order valence-corrected chi connectivity index (χ4v) is 3.15. The number of nitrogens with zero attached hydrogens (tertiary/aromatic N) is 4. The summed E-state index contributed by atoms with van der Waals surface area (Å²) in [5.74, 6) is 0.270. The van der Waals surface area contributed by atoms with E-state index in [9.17, 15) is 14.7 Å². The first-order valence-electron chi connectivity index (χ1n) is 8.37. The Kier molecular flexibility index (Phi) is 5.80. The molecule has 3 aromatic rings. The highest BCUT2D eigenvalue weighted by Crippen LogP contribution is 2.24. The maximum atomic E-state index is 12.8. The van der Waals surface area contributed by atoms with Gasteiger partial charge in [-0.25, -0.2) is 4.79 Å². The van der Waals surface area contributed by atoms with Crippen LogP contribution in [0, 0.1) is 0 Å². The molecule has 0 bridgehead atoms. The molecule has 0 amide bonds. The lowest BCUT2D eigenvalue weighted by molar-refractivity contribution is 0.105. The number of hydrogen-bond acceptors (Lipinski definition) is 6. The summed E-state index contributed by atoms with van der Waals surface area (Å²) in [6.45, 7) is -0.200. The normalized spacial score (nSPS) is 12.5. The van der Waals surface area contributed by atoms with E-state index in [0.717, 1.165) is 10.1 Å². The Balaban J connectivity index is 2.19. The zero-order valence-corrected chi connectivity index (χ0v) is 16.7. The summed E-state index contributed by atoms with van der Waals surface area (Å²) in [5.41, 5.74) is 0.182. The third-order valence-electron chi connectivity index (χ3n) is 4.38. The summed E-state index contributed by atoms with van der Waals surface area (Å²) in [4.78, 5) is 29.4. The van der Waals surface area contributed by atoms with Gasteiger partial charge >= 0.3 is 5.69 Å². The molecule has 0 aliphatic heterocycles.